The van der Waals surface area contributed by atoms with E-state index in [1.165, 1.54) is 12.1 Å². The van der Waals surface area contributed by atoms with Crippen LogP contribution in [0.3, 0.4) is 0 Å². The van der Waals surface area contributed by atoms with Crippen LogP contribution in [0.15, 0.2) is 48.7 Å². The number of para-hydroxylation sites is 1. The Morgan fingerprint density at radius 2 is 1.96 bits per heavy atom. The van der Waals surface area contributed by atoms with E-state index in [2.05, 4.69) is 4.98 Å². The Hall–Kier alpha value is -3.68. The summed E-state index contributed by atoms with van der Waals surface area (Å²) in [6.07, 6.45) is 1.55. The van der Waals surface area contributed by atoms with Crippen LogP contribution in [0.2, 0.25) is 0 Å². The second-order valence-corrected chi connectivity index (χ2v) is 5.28. The molecule has 8 nitrogen and oxygen atoms in total. The van der Waals surface area contributed by atoms with E-state index < -0.39 is 23.2 Å². The number of H-pyrrole nitrogens is 1. The zero-order valence-corrected chi connectivity index (χ0v) is 12.9. The van der Waals surface area contributed by atoms with Gasteiger partial charge in [-0.3, -0.25) is 14.9 Å². The largest absolute Gasteiger partial charge is 0.454 e. The Balaban J connectivity index is 1.73. The number of carbonyl (C=O) groups is 2. The van der Waals surface area contributed by atoms with Gasteiger partial charge in [-0.05, 0) is 18.2 Å². The first-order valence-corrected chi connectivity index (χ1v) is 7.27. The van der Waals surface area contributed by atoms with Crippen molar-refractivity contribution in [3.8, 4) is 0 Å². The maximum absolute atomic E-state index is 12.3. The minimum Gasteiger partial charge on any atom is -0.454 e. The lowest BCUT2D eigenvalue weighted by Gasteiger charge is -2.05. The van der Waals surface area contributed by atoms with Gasteiger partial charge in [-0.1, -0.05) is 18.2 Å². The Bertz CT molecular complexity index is 993. The number of nitrogens with one attached hydrogen (secondary N) is 1. The predicted molar refractivity (Wildman–Crippen MR) is 90.4 cm³/mol. The molecular formula is C17H13N3O5. The molecule has 0 spiro atoms. The molecule has 0 saturated carbocycles. The molecule has 0 bridgehead atoms. The number of ketones is 1. The van der Waals surface area contributed by atoms with Crippen molar-refractivity contribution in [1.29, 1.82) is 0 Å². The lowest BCUT2D eigenvalue weighted by molar-refractivity contribution is -0.383. The van der Waals surface area contributed by atoms with Crippen LogP contribution >= 0.6 is 0 Å². The maximum atomic E-state index is 12.3. The van der Waals surface area contributed by atoms with Crippen LogP contribution in [-0.2, 0) is 4.74 Å². The van der Waals surface area contributed by atoms with Crippen LogP contribution in [0.5, 0.6) is 0 Å². The Kier molecular flexibility index (Phi) is 4.17. The van der Waals surface area contributed by atoms with Gasteiger partial charge < -0.3 is 15.5 Å². The van der Waals surface area contributed by atoms with E-state index in [0.29, 0.717) is 5.56 Å². The SMILES string of the molecule is Nc1ccc(C(=O)OCC(=O)c2c[nH]c3ccccc23)cc1[N+](=O)[O-]. The van der Waals surface area contributed by atoms with Crippen molar-refractivity contribution >= 4 is 34.0 Å². The van der Waals surface area contributed by atoms with Crippen LogP contribution < -0.4 is 5.73 Å². The lowest BCUT2D eigenvalue weighted by Crippen LogP contribution is -2.14. The highest BCUT2D eigenvalue weighted by molar-refractivity contribution is 6.09. The molecule has 3 rings (SSSR count). The number of hydrogen-bond acceptors (Lipinski definition) is 6. The minimum atomic E-state index is -0.837. The van der Waals surface area contributed by atoms with Crippen molar-refractivity contribution in [1.82, 2.24) is 4.98 Å². The molecule has 0 aliphatic carbocycles. The number of hydrogen-bond donors (Lipinski definition) is 2. The van der Waals surface area contributed by atoms with E-state index in [1.54, 1.807) is 18.3 Å². The molecule has 1 heterocycles. The van der Waals surface area contributed by atoms with Crippen molar-refractivity contribution < 1.29 is 19.2 Å². The summed E-state index contributed by atoms with van der Waals surface area (Å²) in [5.74, 6) is -1.22. The minimum absolute atomic E-state index is 0.0485. The molecule has 2 aromatic carbocycles. The third-order valence-corrected chi connectivity index (χ3v) is 3.69. The van der Waals surface area contributed by atoms with Crippen LogP contribution in [0.4, 0.5) is 11.4 Å². The third kappa shape index (κ3) is 3.18. The average Bonchev–Trinajstić information content (AvgIpc) is 3.03. The summed E-state index contributed by atoms with van der Waals surface area (Å²) < 4.78 is 4.97. The Labute approximate surface area is 141 Å². The van der Waals surface area contributed by atoms with Crippen molar-refractivity contribution in [3.05, 3.63) is 69.9 Å². The number of anilines is 1. The van der Waals surface area contributed by atoms with Gasteiger partial charge in [-0.15, -0.1) is 0 Å². The number of carbonyl (C=O) groups excluding carboxylic acids is 2. The summed E-state index contributed by atoms with van der Waals surface area (Å²) >= 11 is 0. The van der Waals surface area contributed by atoms with Crippen LogP contribution in [0, 0.1) is 10.1 Å². The molecular weight excluding hydrogens is 326 g/mol. The van der Waals surface area contributed by atoms with Gasteiger partial charge in [0, 0.05) is 28.7 Å². The number of Topliss-reactive ketones (excluding diaryl/α,β-unsaturated/α-hetero) is 1. The van der Waals surface area contributed by atoms with E-state index in [9.17, 15) is 19.7 Å². The van der Waals surface area contributed by atoms with Crippen LogP contribution in [0.25, 0.3) is 10.9 Å². The van der Waals surface area contributed by atoms with Gasteiger partial charge in [-0.25, -0.2) is 4.79 Å². The normalized spacial score (nSPS) is 10.6. The molecule has 0 atom stereocenters. The number of nitrogens with zero attached hydrogens (tertiary/aromatic N) is 1. The fourth-order valence-electron chi connectivity index (χ4n) is 2.42. The summed E-state index contributed by atoms with van der Waals surface area (Å²) in [5, 5.41) is 11.6. The first-order valence-electron chi connectivity index (χ1n) is 7.27. The van der Waals surface area contributed by atoms with Gasteiger partial charge in [0.15, 0.2) is 6.61 Å². The number of rotatable bonds is 5. The molecule has 0 amide bonds. The van der Waals surface area contributed by atoms with Crippen molar-refractivity contribution in [2.45, 2.75) is 0 Å². The van der Waals surface area contributed by atoms with Gasteiger partial charge in [-0.2, -0.15) is 0 Å². The number of aromatic amines is 1. The fraction of sp³-hybridized carbons (Fsp3) is 0.0588. The zero-order chi connectivity index (χ0) is 18.0. The van der Waals surface area contributed by atoms with Crippen molar-refractivity contribution in [2.24, 2.45) is 0 Å². The Morgan fingerprint density at radius 3 is 2.72 bits per heavy atom. The number of aromatic nitrogens is 1. The number of nitro benzene ring substituents is 1. The standard InChI is InChI=1S/C17H13N3O5/c18-13-6-5-10(7-15(13)20(23)24)17(22)25-9-16(21)12-8-19-14-4-2-1-3-11(12)14/h1-8,19H,9,18H2. The fourth-order valence-corrected chi connectivity index (χ4v) is 2.42. The first-order chi connectivity index (χ1) is 12.0. The van der Waals surface area contributed by atoms with Gasteiger partial charge in [0.05, 0.1) is 10.5 Å². The topological polar surface area (TPSA) is 128 Å². The van der Waals surface area contributed by atoms with Gasteiger partial charge >= 0.3 is 5.97 Å². The number of nitrogens with two attached hydrogens (primary N) is 1. The number of fused-ring (bicyclic) bond motifs is 1. The van der Waals surface area contributed by atoms with Crippen molar-refractivity contribution in [2.75, 3.05) is 12.3 Å². The molecule has 3 aromatic rings. The molecule has 0 saturated heterocycles. The Morgan fingerprint density at radius 1 is 1.20 bits per heavy atom. The van der Waals surface area contributed by atoms with E-state index in [0.717, 1.165) is 17.0 Å². The summed E-state index contributed by atoms with van der Waals surface area (Å²) in [6, 6.07) is 10.8. The molecule has 126 valence electrons. The van der Waals surface area contributed by atoms with Crippen LogP contribution in [0.1, 0.15) is 20.7 Å². The van der Waals surface area contributed by atoms with E-state index in [1.807, 2.05) is 12.1 Å². The smallest absolute Gasteiger partial charge is 0.338 e. The third-order valence-electron chi connectivity index (χ3n) is 3.69. The molecule has 25 heavy (non-hydrogen) atoms. The molecule has 0 aliphatic rings. The number of ether oxygens (including phenoxy) is 1. The average molecular weight is 339 g/mol. The highest BCUT2D eigenvalue weighted by Crippen LogP contribution is 2.23. The van der Waals surface area contributed by atoms with E-state index in [-0.39, 0.29) is 17.0 Å². The molecule has 8 heteroatoms. The molecule has 0 radical (unpaired) electrons. The van der Waals surface area contributed by atoms with Crippen molar-refractivity contribution in [3.63, 3.8) is 0 Å². The lowest BCUT2D eigenvalue weighted by atomic mass is 10.1. The summed E-state index contributed by atoms with van der Waals surface area (Å²) in [4.78, 5) is 37.4. The van der Waals surface area contributed by atoms with Gasteiger partial charge in [0.25, 0.3) is 5.69 Å². The van der Waals surface area contributed by atoms with Crippen LogP contribution in [-0.4, -0.2) is 28.3 Å². The first kappa shape index (κ1) is 16.2. The highest BCUT2D eigenvalue weighted by atomic mass is 16.6. The molecule has 0 unspecified atom stereocenters. The monoisotopic (exact) mass is 339 g/mol. The second kappa shape index (κ2) is 6.44. The number of nitro groups is 1. The maximum Gasteiger partial charge on any atom is 0.338 e. The number of benzene rings is 2. The summed E-state index contributed by atoms with van der Waals surface area (Å²) in [7, 11) is 0. The molecule has 3 N–H and O–H groups in total. The highest BCUT2D eigenvalue weighted by Gasteiger charge is 2.18. The number of esters is 1. The summed E-state index contributed by atoms with van der Waals surface area (Å²) in [6.45, 7) is -0.473. The van der Waals surface area contributed by atoms with E-state index >= 15 is 0 Å². The van der Waals surface area contributed by atoms with Gasteiger partial charge in [0.2, 0.25) is 5.78 Å². The second-order valence-electron chi connectivity index (χ2n) is 5.28. The van der Waals surface area contributed by atoms with Gasteiger partial charge in [0.1, 0.15) is 5.69 Å². The molecule has 1 aromatic heterocycles. The predicted octanol–water partition coefficient (Wildman–Crippen LogP) is 2.70. The molecule has 0 fully saturated rings. The van der Waals surface area contributed by atoms with E-state index in [4.69, 9.17) is 10.5 Å². The number of nitrogen functional groups attached to an aromatic ring is 1. The quantitative estimate of drug-likeness (QED) is 0.242. The zero-order valence-electron chi connectivity index (χ0n) is 12.9. The molecule has 0 aliphatic heterocycles. The summed E-state index contributed by atoms with van der Waals surface area (Å²) in [5.41, 5.74) is 6.19.